The van der Waals surface area contributed by atoms with Crippen LogP contribution in [0, 0.1) is 5.82 Å². The molecule has 2 rings (SSSR count). The van der Waals surface area contributed by atoms with Crippen LogP contribution in [0.5, 0.6) is 0 Å². The molecule has 0 bridgehead atoms. The van der Waals surface area contributed by atoms with E-state index in [9.17, 15) is 4.39 Å². The van der Waals surface area contributed by atoms with Gasteiger partial charge in [-0.05, 0) is 48.2 Å². The van der Waals surface area contributed by atoms with Crippen LogP contribution >= 0.6 is 39.1 Å². The third kappa shape index (κ3) is 4.19. The summed E-state index contributed by atoms with van der Waals surface area (Å²) in [4.78, 5) is 0. The molecule has 0 amide bonds. The van der Waals surface area contributed by atoms with Crippen molar-refractivity contribution in [3.8, 4) is 0 Å². The number of hydrogen-bond donors (Lipinski definition) is 1. The molecule has 20 heavy (non-hydrogen) atoms. The van der Waals surface area contributed by atoms with E-state index in [1.807, 2.05) is 18.2 Å². The Labute approximate surface area is 136 Å². The molecule has 0 saturated heterocycles. The predicted octanol–water partition coefficient (Wildman–Crippen LogP) is 5.01. The normalized spacial score (nSPS) is 12.4. The van der Waals surface area contributed by atoms with Gasteiger partial charge in [0.1, 0.15) is 5.82 Å². The van der Waals surface area contributed by atoms with Gasteiger partial charge >= 0.3 is 0 Å². The fraction of sp³-hybridized carbons (Fsp3) is 0.200. The zero-order valence-electron chi connectivity index (χ0n) is 10.5. The average Bonchev–Trinajstić information content (AvgIpc) is 2.36. The lowest BCUT2D eigenvalue weighted by atomic mass is 9.99. The molecule has 0 aliphatic rings. The molecule has 0 spiro atoms. The van der Waals surface area contributed by atoms with Crippen molar-refractivity contribution < 1.29 is 4.39 Å². The fourth-order valence-corrected chi connectivity index (χ4v) is 3.01. The maximum Gasteiger partial charge on any atom is 0.124 e. The van der Waals surface area contributed by atoms with Crippen LogP contribution in [-0.4, -0.2) is 6.04 Å². The van der Waals surface area contributed by atoms with Crippen LogP contribution in [-0.2, 0) is 12.8 Å². The smallest absolute Gasteiger partial charge is 0.124 e. The number of rotatable bonds is 4. The highest BCUT2D eigenvalue weighted by atomic mass is 79.9. The highest BCUT2D eigenvalue weighted by molar-refractivity contribution is 9.10. The summed E-state index contributed by atoms with van der Waals surface area (Å²) in [6.45, 7) is 0. The first kappa shape index (κ1) is 15.8. The maximum atomic E-state index is 13.0. The van der Waals surface area contributed by atoms with Gasteiger partial charge in [-0.3, -0.25) is 0 Å². The highest BCUT2D eigenvalue weighted by Crippen LogP contribution is 2.24. The van der Waals surface area contributed by atoms with E-state index in [-0.39, 0.29) is 11.9 Å². The molecule has 2 aromatic carbocycles. The van der Waals surface area contributed by atoms with Crippen LogP contribution in [0.25, 0.3) is 0 Å². The van der Waals surface area contributed by atoms with Crippen molar-refractivity contribution in [1.29, 1.82) is 0 Å². The lowest BCUT2D eigenvalue weighted by Crippen LogP contribution is -2.25. The Kier molecular flexibility index (Phi) is 5.44. The molecule has 1 atom stereocenters. The van der Waals surface area contributed by atoms with Crippen LogP contribution < -0.4 is 5.73 Å². The largest absolute Gasteiger partial charge is 0.327 e. The molecule has 0 aliphatic heterocycles. The molecule has 106 valence electrons. The number of benzene rings is 2. The van der Waals surface area contributed by atoms with Crippen molar-refractivity contribution in [1.82, 2.24) is 0 Å². The molecule has 0 radical (unpaired) electrons. The Morgan fingerprint density at radius 3 is 2.10 bits per heavy atom. The van der Waals surface area contributed by atoms with E-state index in [1.165, 1.54) is 12.1 Å². The lowest BCUT2D eigenvalue weighted by Gasteiger charge is -2.14. The first-order chi connectivity index (χ1) is 9.45. The monoisotopic (exact) mass is 375 g/mol. The summed E-state index contributed by atoms with van der Waals surface area (Å²) >= 11 is 15.5. The zero-order chi connectivity index (χ0) is 14.7. The third-order valence-electron chi connectivity index (χ3n) is 2.99. The summed E-state index contributed by atoms with van der Waals surface area (Å²) in [5.74, 6) is -0.344. The average molecular weight is 377 g/mol. The second-order valence-corrected chi connectivity index (χ2v) is 6.37. The molecule has 0 saturated carbocycles. The fourth-order valence-electron chi connectivity index (χ4n) is 2.01. The number of halogens is 4. The summed E-state index contributed by atoms with van der Waals surface area (Å²) in [5, 5.41) is 1.09. The Balaban J connectivity index is 2.07. The minimum absolute atomic E-state index is 0.128. The van der Waals surface area contributed by atoms with E-state index in [2.05, 4.69) is 15.9 Å². The molecule has 2 N–H and O–H groups in total. The molecule has 0 aliphatic carbocycles. The SMILES string of the molecule is NC(Cc1ccc(F)cc1Cl)Cc1ccc(Br)cc1Cl. The van der Waals surface area contributed by atoms with E-state index < -0.39 is 0 Å². The topological polar surface area (TPSA) is 26.0 Å². The summed E-state index contributed by atoms with van der Waals surface area (Å²) in [6.07, 6.45) is 1.21. The minimum Gasteiger partial charge on any atom is -0.327 e. The molecule has 2 aromatic rings. The quantitative estimate of drug-likeness (QED) is 0.797. The van der Waals surface area contributed by atoms with Crippen LogP contribution in [0.4, 0.5) is 4.39 Å². The number of hydrogen-bond acceptors (Lipinski definition) is 1. The van der Waals surface area contributed by atoms with E-state index in [4.69, 9.17) is 28.9 Å². The summed E-state index contributed by atoms with van der Waals surface area (Å²) < 4.78 is 13.9. The zero-order valence-corrected chi connectivity index (χ0v) is 13.6. The van der Waals surface area contributed by atoms with Gasteiger partial charge in [0.25, 0.3) is 0 Å². The lowest BCUT2D eigenvalue weighted by molar-refractivity contribution is 0.623. The van der Waals surface area contributed by atoms with Gasteiger partial charge in [0.05, 0.1) is 0 Å². The van der Waals surface area contributed by atoms with E-state index in [0.29, 0.717) is 22.9 Å². The Hall–Kier alpha value is -0.610. The Bertz CT molecular complexity index is 565. The van der Waals surface area contributed by atoms with E-state index in [0.717, 1.165) is 15.6 Å². The maximum absolute atomic E-state index is 13.0. The molecule has 1 unspecified atom stereocenters. The van der Waals surface area contributed by atoms with E-state index >= 15 is 0 Å². The van der Waals surface area contributed by atoms with Gasteiger partial charge in [-0.15, -0.1) is 0 Å². The van der Waals surface area contributed by atoms with Gasteiger partial charge in [0.2, 0.25) is 0 Å². The highest BCUT2D eigenvalue weighted by Gasteiger charge is 2.11. The van der Waals surface area contributed by atoms with Gasteiger partial charge in [-0.25, -0.2) is 4.39 Å². The van der Waals surface area contributed by atoms with Crippen LogP contribution in [0.15, 0.2) is 40.9 Å². The van der Waals surface area contributed by atoms with Crippen molar-refractivity contribution in [2.45, 2.75) is 18.9 Å². The van der Waals surface area contributed by atoms with Crippen LogP contribution in [0.1, 0.15) is 11.1 Å². The second-order valence-electron chi connectivity index (χ2n) is 4.64. The van der Waals surface area contributed by atoms with Crippen molar-refractivity contribution in [3.63, 3.8) is 0 Å². The van der Waals surface area contributed by atoms with Crippen LogP contribution in [0.2, 0.25) is 10.0 Å². The molecular formula is C15H13BrCl2FN. The standard InChI is InChI=1S/C15H13BrCl2FN/c16-11-3-1-9(14(17)7-11)5-13(20)6-10-2-4-12(19)8-15(10)18/h1-4,7-8,13H,5-6,20H2. The van der Waals surface area contributed by atoms with Crippen LogP contribution in [0.3, 0.4) is 0 Å². The first-order valence-electron chi connectivity index (χ1n) is 6.09. The molecular weight excluding hydrogens is 364 g/mol. The molecule has 0 fully saturated rings. The first-order valence-corrected chi connectivity index (χ1v) is 7.64. The molecule has 5 heteroatoms. The van der Waals surface area contributed by atoms with Gasteiger partial charge in [-0.1, -0.05) is 51.3 Å². The third-order valence-corrected chi connectivity index (χ3v) is 4.19. The molecule has 0 heterocycles. The Morgan fingerprint density at radius 2 is 1.55 bits per heavy atom. The molecule has 0 aromatic heterocycles. The van der Waals surface area contributed by atoms with Gasteiger partial charge in [0.15, 0.2) is 0 Å². The summed E-state index contributed by atoms with van der Waals surface area (Å²) in [7, 11) is 0. The number of nitrogens with two attached hydrogens (primary N) is 1. The summed E-state index contributed by atoms with van der Waals surface area (Å²) in [6, 6.07) is 9.94. The predicted molar refractivity (Wildman–Crippen MR) is 85.9 cm³/mol. The van der Waals surface area contributed by atoms with Crippen molar-refractivity contribution >= 4 is 39.1 Å². The Morgan fingerprint density at radius 1 is 1.00 bits per heavy atom. The summed E-state index contributed by atoms with van der Waals surface area (Å²) in [5.41, 5.74) is 7.96. The second kappa shape index (κ2) is 6.90. The van der Waals surface area contributed by atoms with Gasteiger partial charge in [-0.2, -0.15) is 0 Å². The van der Waals surface area contributed by atoms with Gasteiger partial charge in [0, 0.05) is 20.6 Å². The van der Waals surface area contributed by atoms with Crippen molar-refractivity contribution in [2.24, 2.45) is 5.73 Å². The van der Waals surface area contributed by atoms with E-state index in [1.54, 1.807) is 6.07 Å². The minimum atomic E-state index is -0.344. The van der Waals surface area contributed by atoms with Crippen molar-refractivity contribution in [2.75, 3.05) is 0 Å². The van der Waals surface area contributed by atoms with Crippen molar-refractivity contribution in [3.05, 3.63) is 67.9 Å². The molecule has 1 nitrogen and oxygen atoms in total. The van der Waals surface area contributed by atoms with Gasteiger partial charge < -0.3 is 5.73 Å².